The molecule has 0 aromatic heterocycles. The minimum absolute atomic E-state index is 0.0687. The standard InChI is InChI=1S/C16H26N2O2S/c1-13-4-3-5-16(10-13)18(2)21(19,20)12-15-8-6-14(11-17)7-9-15/h6-9,13,16H,3-5,10-12,17H2,1-2H3. The van der Waals surface area contributed by atoms with Crippen LogP contribution >= 0.6 is 0 Å². The molecule has 2 rings (SSSR count). The van der Waals surface area contributed by atoms with E-state index in [2.05, 4.69) is 6.92 Å². The van der Waals surface area contributed by atoms with Crippen molar-refractivity contribution in [2.24, 2.45) is 11.7 Å². The maximum absolute atomic E-state index is 12.6. The number of rotatable bonds is 5. The van der Waals surface area contributed by atoms with E-state index in [4.69, 9.17) is 5.73 Å². The van der Waals surface area contributed by atoms with Gasteiger partial charge in [0, 0.05) is 19.6 Å². The number of benzene rings is 1. The molecule has 0 heterocycles. The number of nitrogens with two attached hydrogens (primary N) is 1. The van der Waals surface area contributed by atoms with Gasteiger partial charge < -0.3 is 5.73 Å². The molecule has 0 spiro atoms. The van der Waals surface area contributed by atoms with E-state index in [1.165, 1.54) is 6.42 Å². The van der Waals surface area contributed by atoms with E-state index in [-0.39, 0.29) is 11.8 Å². The van der Waals surface area contributed by atoms with Crippen molar-refractivity contribution in [1.29, 1.82) is 0 Å². The molecule has 21 heavy (non-hydrogen) atoms. The zero-order valence-electron chi connectivity index (χ0n) is 13.0. The third-order valence-electron chi connectivity index (χ3n) is 4.47. The second-order valence-electron chi connectivity index (χ2n) is 6.22. The first-order valence-electron chi connectivity index (χ1n) is 7.66. The summed E-state index contributed by atoms with van der Waals surface area (Å²) in [7, 11) is -1.53. The molecule has 1 aliphatic rings. The van der Waals surface area contributed by atoms with E-state index in [9.17, 15) is 8.42 Å². The first-order valence-corrected chi connectivity index (χ1v) is 9.27. The van der Waals surface area contributed by atoms with Crippen molar-refractivity contribution in [2.45, 2.75) is 50.9 Å². The third kappa shape index (κ3) is 4.28. The largest absolute Gasteiger partial charge is 0.326 e. The summed E-state index contributed by atoms with van der Waals surface area (Å²) in [4.78, 5) is 0. The maximum Gasteiger partial charge on any atom is 0.218 e. The molecule has 1 aromatic rings. The highest BCUT2D eigenvalue weighted by atomic mass is 32.2. The highest BCUT2D eigenvalue weighted by molar-refractivity contribution is 7.88. The Labute approximate surface area is 128 Å². The van der Waals surface area contributed by atoms with E-state index in [0.29, 0.717) is 12.5 Å². The topological polar surface area (TPSA) is 63.4 Å². The molecular weight excluding hydrogens is 284 g/mol. The van der Waals surface area contributed by atoms with Gasteiger partial charge in [0.25, 0.3) is 0 Å². The number of nitrogens with zero attached hydrogens (tertiary/aromatic N) is 1. The van der Waals surface area contributed by atoms with E-state index in [1.807, 2.05) is 24.3 Å². The van der Waals surface area contributed by atoms with Crippen LogP contribution in [0.1, 0.15) is 43.7 Å². The Morgan fingerprint density at radius 1 is 1.19 bits per heavy atom. The van der Waals surface area contributed by atoms with E-state index in [0.717, 1.165) is 30.4 Å². The summed E-state index contributed by atoms with van der Waals surface area (Å²) in [6, 6.07) is 7.66. The molecule has 0 amide bonds. The first kappa shape index (κ1) is 16.5. The van der Waals surface area contributed by atoms with Gasteiger partial charge in [0.15, 0.2) is 0 Å². The van der Waals surface area contributed by atoms with Gasteiger partial charge in [0.1, 0.15) is 0 Å². The van der Waals surface area contributed by atoms with E-state index in [1.54, 1.807) is 11.4 Å². The fraction of sp³-hybridized carbons (Fsp3) is 0.625. The molecule has 1 fully saturated rings. The summed E-state index contributed by atoms with van der Waals surface area (Å²) >= 11 is 0. The summed E-state index contributed by atoms with van der Waals surface area (Å²) in [5.74, 6) is 0.685. The molecule has 2 N–H and O–H groups in total. The lowest BCUT2D eigenvalue weighted by Gasteiger charge is -2.33. The van der Waals surface area contributed by atoms with Crippen molar-refractivity contribution >= 4 is 10.0 Å². The number of sulfonamides is 1. The van der Waals surface area contributed by atoms with Gasteiger partial charge in [-0.25, -0.2) is 12.7 Å². The second-order valence-corrected chi connectivity index (χ2v) is 8.25. The zero-order valence-corrected chi connectivity index (χ0v) is 13.8. The molecule has 2 atom stereocenters. The Morgan fingerprint density at radius 2 is 1.81 bits per heavy atom. The highest BCUT2D eigenvalue weighted by Crippen LogP contribution is 2.28. The van der Waals surface area contributed by atoms with Crippen LogP contribution in [0.2, 0.25) is 0 Å². The smallest absolute Gasteiger partial charge is 0.218 e. The molecule has 118 valence electrons. The Kier molecular flexibility index (Phi) is 5.41. The molecule has 0 aliphatic heterocycles. The normalized spacial score (nSPS) is 23.4. The van der Waals surface area contributed by atoms with Gasteiger partial charge in [0.05, 0.1) is 5.75 Å². The van der Waals surface area contributed by atoms with Crippen LogP contribution in [0.15, 0.2) is 24.3 Å². The Bertz CT molecular complexity index is 554. The van der Waals surface area contributed by atoms with Crippen LogP contribution in [0.25, 0.3) is 0 Å². The van der Waals surface area contributed by atoms with Crippen molar-refractivity contribution < 1.29 is 8.42 Å². The second kappa shape index (κ2) is 6.90. The predicted molar refractivity (Wildman–Crippen MR) is 86.1 cm³/mol. The van der Waals surface area contributed by atoms with Gasteiger partial charge in [-0.15, -0.1) is 0 Å². The van der Waals surface area contributed by atoms with Crippen molar-refractivity contribution in [2.75, 3.05) is 7.05 Å². The highest BCUT2D eigenvalue weighted by Gasteiger charge is 2.29. The lowest BCUT2D eigenvalue weighted by atomic mass is 9.87. The summed E-state index contributed by atoms with van der Waals surface area (Å²) < 4.78 is 26.7. The monoisotopic (exact) mass is 310 g/mol. The summed E-state index contributed by atoms with van der Waals surface area (Å²) in [5.41, 5.74) is 7.40. The van der Waals surface area contributed by atoms with Crippen molar-refractivity contribution in [1.82, 2.24) is 4.31 Å². The third-order valence-corrected chi connectivity index (χ3v) is 6.34. The molecular formula is C16H26N2O2S. The lowest BCUT2D eigenvalue weighted by molar-refractivity contribution is 0.239. The van der Waals surface area contributed by atoms with Gasteiger partial charge in [-0.3, -0.25) is 0 Å². The lowest BCUT2D eigenvalue weighted by Crippen LogP contribution is -2.40. The summed E-state index contributed by atoms with van der Waals surface area (Å²) in [6.07, 6.45) is 4.29. The fourth-order valence-corrected chi connectivity index (χ4v) is 4.51. The minimum atomic E-state index is -3.25. The number of hydrogen-bond acceptors (Lipinski definition) is 3. The van der Waals surface area contributed by atoms with Crippen LogP contribution in [0.5, 0.6) is 0 Å². The quantitative estimate of drug-likeness (QED) is 0.909. The molecule has 1 saturated carbocycles. The first-order chi connectivity index (χ1) is 9.92. The van der Waals surface area contributed by atoms with E-state index < -0.39 is 10.0 Å². The molecule has 0 saturated heterocycles. The molecule has 0 radical (unpaired) electrons. The van der Waals surface area contributed by atoms with Crippen LogP contribution in [-0.4, -0.2) is 25.8 Å². The van der Waals surface area contributed by atoms with Crippen LogP contribution in [0.4, 0.5) is 0 Å². The summed E-state index contributed by atoms with van der Waals surface area (Å²) in [5, 5.41) is 0. The van der Waals surface area contributed by atoms with Crippen LogP contribution < -0.4 is 5.73 Å². The van der Waals surface area contributed by atoms with Gasteiger partial charge in [-0.05, 0) is 29.9 Å². The molecule has 1 aromatic carbocycles. The molecule has 2 unspecified atom stereocenters. The Balaban J connectivity index is 2.05. The Hall–Kier alpha value is -0.910. The molecule has 5 heteroatoms. The van der Waals surface area contributed by atoms with Gasteiger partial charge in [0.2, 0.25) is 10.0 Å². The average molecular weight is 310 g/mol. The van der Waals surface area contributed by atoms with Gasteiger partial charge in [-0.1, -0.05) is 44.0 Å². The van der Waals surface area contributed by atoms with E-state index >= 15 is 0 Å². The molecule has 0 bridgehead atoms. The number of hydrogen-bond donors (Lipinski definition) is 1. The van der Waals surface area contributed by atoms with Gasteiger partial charge >= 0.3 is 0 Å². The van der Waals surface area contributed by atoms with Crippen LogP contribution in [0, 0.1) is 5.92 Å². The minimum Gasteiger partial charge on any atom is -0.326 e. The molecule has 1 aliphatic carbocycles. The predicted octanol–water partition coefficient (Wildman–Crippen LogP) is 2.49. The molecule has 4 nitrogen and oxygen atoms in total. The fourth-order valence-electron chi connectivity index (χ4n) is 3.04. The zero-order chi connectivity index (χ0) is 15.5. The van der Waals surface area contributed by atoms with Crippen molar-refractivity contribution in [3.05, 3.63) is 35.4 Å². The summed E-state index contributed by atoms with van der Waals surface area (Å²) in [6.45, 7) is 2.69. The Morgan fingerprint density at radius 3 is 2.38 bits per heavy atom. The van der Waals surface area contributed by atoms with Crippen LogP contribution in [0.3, 0.4) is 0 Å². The maximum atomic E-state index is 12.6. The van der Waals surface area contributed by atoms with Crippen molar-refractivity contribution in [3.63, 3.8) is 0 Å². The van der Waals surface area contributed by atoms with Crippen LogP contribution in [-0.2, 0) is 22.3 Å². The van der Waals surface area contributed by atoms with Gasteiger partial charge in [-0.2, -0.15) is 0 Å². The van der Waals surface area contributed by atoms with Crippen molar-refractivity contribution in [3.8, 4) is 0 Å². The average Bonchev–Trinajstić information content (AvgIpc) is 2.47. The SMILES string of the molecule is CC1CCCC(N(C)S(=O)(=O)Cc2ccc(CN)cc2)C1.